The van der Waals surface area contributed by atoms with Crippen LogP contribution in [0.2, 0.25) is 0 Å². The first-order valence-electron chi connectivity index (χ1n) is 6.58. The summed E-state index contributed by atoms with van der Waals surface area (Å²) in [6, 6.07) is 1.95. The zero-order valence-corrected chi connectivity index (χ0v) is 13.8. The Kier molecular flexibility index (Phi) is 5.46. The minimum atomic E-state index is -4.00. The lowest BCUT2D eigenvalue weighted by atomic mass is 9.97. The van der Waals surface area contributed by atoms with Crippen LogP contribution in [0.25, 0.3) is 0 Å². The minimum Gasteiger partial charge on any atom is -0.315 e. The fraction of sp³-hybridized carbons (Fsp3) is 0.571. The molecule has 0 saturated carbocycles. The van der Waals surface area contributed by atoms with Crippen LogP contribution >= 0.6 is 0 Å². The number of hydrogen-bond acceptors (Lipinski definition) is 3. The van der Waals surface area contributed by atoms with Crippen LogP contribution in [0.1, 0.15) is 26.3 Å². The van der Waals surface area contributed by atoms with Crippen molar-refractivity contribution in [3.8, 4) is 0 Å². The Labute approximate surface area is 125 Å². The van der Waals surface area contributed by atoms with Crippen molar-refractivity contribution in [2.75, 3.05) is 20.6 Å². The maximum absolute atomic E-state index is 14.3. The molecule has 0 aliphatic rings. The standard InChI is InChI=1S/C14H22F2N2O2S/c1-14(2,3)9-18(5)21(19,20)12-7-6-11(15)10(8-17-4)13(12)16/h6-7,17H,8-9H2,1-5H3. The van der Waals surface area contributed by atoms with E-state index in [2.05, 4.69) is 5.32 Å². The molecule has 0 fully saturated rings. The first kappa shape index (κ1) is 18.0. The summed E-state index contributed by atoms with van der Waals surface area (Å²) in [5, 5.41) is 2.62. The van der Waals surface area contributed by atoms with Crippen molar-refractivity contribution in [1.29, 1.82) is 0 Å². The molecule has 1 N–H and O–H groups in total. The van der Waals surface area contributed by atoms with E-state index in [9.17, 15) is 17.2 Å². The highest BCUT2D eigenvalue weighted by Gasteiger charge is 2.29. The van der Waals surface area contributed by atoms with Gasteiger partial charge in [0.1, 0.15) is 10.7 Å². The van der Waals surface area contributed by atoms with E-state index in [1.807, 2.05) is 20.8 Å². The van der Waals surface area contributed by atoms with Gasteiger partial charge in [0, 0.05) is 25.7 Å². The molecule has 0 radical (unpaired) electrons. The molecular weight excluding hydrogens is 298 g/mol. The monoisotopic (exact) mass is 320 g/mol. The van der Waals surface area contributed by atoms with Gasteiger partial charge in [0.05, 0.1) is 0 Å². The quantitative estimate of drug-likeness (QED) is 0.906. The molecule has 1 aromatic carbocycles. The van der Waals surface area contributed by atoms with E-state index < -0.39 is 26.6 Å². The van der Waals surface area contributed by atoms with Crippen LogP contribution in [0.4, 0.5) is 8.78 Å². The molecule has 120 valence electrons. The van der Waals surface area contributed by atoms with Crippen molar-refractivity contribution < 1.29 is 17.2 Å². The van der Waals surface area contributed by atoms with Gasteiger partial charge in [-0.05, 0) is 24.6 Å². The zero-order chi connectivity index (χ0) is 16.4. The first-order valence-corrected chi connectivity index (χ1v) is 8.02. The van der Waals surface area contributed by atoms with Gasteiger partial charge in [-0.3, -0.25) is 0 Å². The Morgan fingerprint density at radius 1 is 1.24 bits per heavy atom. The van der Waals surface area contributed by atoms with Gasteiger partial charge in [-0.15, -0.1) is 0 Å². The number of benzene rings is 1. The maximum Gasteiger partial charge on any atom is 0.245 e. The summed E-state index contributed by atoms with van der Waals surface area (Å²) in [5.74, 6) is -1.80. The summed E-state index contributed by atoms with van der Waals surface area (Å²) >= 11 is 0. The maximum atomic E-state index is 14.3. The van der Waals surface area contributed by atoms with Gasteiger partial charge in [0.15, 0.2) is 5.82 Å². The molecule has 0 aliphatic carbocycles. The van der Waals surface area contributed by atoms with E-state index in [1.165, 1.54) is 14.1 Å². The van der Waals surface area contributed by atoms with Crippen LogP contribution in [0.5, 0.6) is 0 Å². The minimum absolute atomic E-state index is 0.0794. The second kappa shape index (κ2) is 6.37. The fourth-order valence-electron chi connectivity index (χ4n) is 2.04. The normalized spacial score (nSPS) is 13.0. The summed E-state index contributed by atoms with van der Waals surface area (Å²) in [4.78, 5) is -0.499. The van der Waals surface area contributed by atoms with E-state index in [-0.39, 0.29) is 24.1 Å². The van der Waals surface area contributed by atoms with E-state index in [4.69, 9.17) is 0 Å². The number of hydrogen-bond donors (Lipinski definition) is 1. The van der Waals surface area contributed by atoms with Gasteiger partial charge in [0.2, 0.25) is 10.0 Å². The Morgan fingerprint density at radius 2 is 1.81 bits per heavy atom. The average molecular weight is 320 g/mol. The van der Waals surface area contributed by atoms with Crippen molar-refractivity contribution in [3.63, 3.8) is 0 Å². The summed E-state index contributed by atoms with van der Waals surface area (Å²) < 4.78 is 53.9. The lowest BCUT2D eigenvalue weighted by Gasteiger charge is -2.26. The lowest BCUT2D eigenvalue weighted by molar-refractivity contribution is 0.310. The predicted molar refractivity (Wildman–Crippen MR) is 78.4 cm³/mol. The molecule has 0 unspecified atom stereocenters. The Morgan fingerprint density at radius 3 is 2.29 bits per heavy atom. The summed E-state index contributed by atoms with van der Waals surface area (Å²) in [5.41, 5.74) is -0.547. The molecule has 4 nitrogen and oxygen atoms in total. The third-order valence-corrected chi connectivity index (χ3v) is 4.71. The Bertz CT molecular complexity index is 610. The second-order valence-corrected chi connectivity index (χ2v) is 8.20. The SMILES string of the molecule is CNCc1c(F)ccc(S(=O)(=O)N(C)CC(C)(C)C)c1F. The molecule has 0 spiro atoms. The van der Waals surface area contributed by atoms with E-state index in [0.717, 1.165) is 16.4 Å². The van der Waals surface area contributed by atoms with Gasteiger partial charge in [-0.1, -0.05) is 20.8 Å². The highest BCUT2D eigenvalue weighted by molar-refractivity contribution is 7.89. The topological polar surface area (TPSA) is 49.4 Å². The van der Waals surface area contributed by atoms with Crippen LogP contribution in [0.3, 0.4) is 0 Å². The van der Waals surface area contributed by atoms with Crippen molar-refractivity contribution in [2.45, 2.75) is 32.2 Å². The Hall–Kier alpha value is -1.05. The average Bonchev–Trinajstić information content (AvgIpc) is 2.31. The van der Waals surface area contributed by atoms with Crippen molar-refractivity contribution in [1.82, 2.24) is 9.62 Å². The Balaban J connectivity index is 3.29. The van der Waals surface area contributed by atoms with Crippen molar-refractivity contribution in [2.24, 2.45) is 5.41 Å². The molecule has 0 saturated heterocycles. The van der Waals surface area contributed by atoms with Crippen LogP contribution in [0.15, 0.2) is 17.0 Å². The number of nitrogens with one attached hydrogen (secondary N) is 1. The van der Waals surface area contributed by atoms with E-state index in [1.54, 1.807) is 0 Å². The van der Waals surface area contributed by atoms with E-state index in [0.29, 0.717) is 0 Å². The molecule has 21 heavy (non-hydrogen) atoms. The van der Waals surface area contributed by atoms with Crippen molar-refractivity contribution >= 4 is 10.0 Å². The third kappa shape index (κ3) is 4.21. The van der Waals surface area contributed by atoms with Gasteiger partial charge in [-0.2, -0.15) is 0 Å². The van der Waals surface area contributed by atoms with Crippen LogP contribution < -0.4 is 5.32 Å². The highest BCUT2D eigenvalue weighted by Crippen LogP contribution is 2.25. The smallest absolute Gasteiger partial charge is 0.245 e. The number of sulfonamides is 1. The number of nitrogens with zero attached hydrogens (tertiary/aromatic N) is 1. The van der Waals surface area contributed by atoms with Crippen LogP contribution in [-0.2, 0) is 16.6 Å². The number of halogens is 2. The molecule has 7 heteroatoms. The summed E-state index contributed by atoms with van der Waals surface area (Å²) in [6.45, 7) is 5.79. The largest absolute Gasteiger partial charge is 0.315 e. The molecule has 0 bridgehead atoms. The van der Waals surface area contributed by atoms with Crippen molar-refractivity contribution in [3.05, 3.63) is 29.3 Å². The predicted octanol–water partition coefficient (Wildman–Crippen LogP) is 2.35. The molecular formula is C14H22F2N2O2S. The number of rotatable bonds is 5. The first-order chi connectivity index (χ1) is 9.50. The second-order valence-electron chi connectivity index (χ2n) is 6.19. The van der Waals surface area contributed by atoms with Crippen LogP contribution in [0, 0.1) is 17.0 Å². The lowest BCUT2D eigenvalue weighted by Crippen LogP contribution is -2.35. The molecule has 1 rings (SSSR count). The zero-order valence-electron chi connectivity index (χ0n) is 13.0. The summed E-state index contributed by atoms with van der Waals surface area (Å²) in [7, 11) is -1.07. The molecule has 1 aromatic rings. The molecule has 0 heterocycles. The fourth-order valence-corrected chi connectivity index (χ4v) is 3.52. The molecule has 0 amide bonds. The third-order valence-electron chi connectivity index (χ3n) is 2.89. The van der Waals surface area contributed by atoms with Gasteiger partial charge < -0.3 is 5.32 Å². The molecule has 0 aliphatic heterocycles. The highest BCUT2D eigenvalue weighted by atomic mass is 32.2. The van der Waals surface area contributed by atoms with Gasteiger partial charge in [-0.25, -0.2) is 21.5 Å². The van der Waals surface area contributed by atoms with Gasteiger partial charge >= 0.3 is 0 Å². The molecule has 0 atom stereocenters. The molecule has 0 aromatic heterocycles. The summed E-state index contributed by atoms with van der Waals surface area (Å²) in [6.07, 6.45) is 0. The van der Waals surface area contributed by atoms with E-state index >= 15 is 0 Å². The van der Waals surface area contributed by atoms with Crippen LogP contribution in [-0.4, -0.2) is 33.4 Å². The van der Waals surface area contributed by atoms with Gasteiger partial charge in [0.25, 0.3) is 0 Å².